The summed E-state index contributed by atoms with van der Waals surface area (Å²) in [4.78, 5) is 11.1. The summed E-state index contributed by atoms with van der Waals surface area (Å²) < 4.78 is 11.2. The Bertz CT molecular complexity index is 428. The molecule has 1 atom stereocenters. The first-order valence-electron chi connectivity index (χ1n) is 7.75. The van der Waals surface area contributed by atoms with Crippen molar-refractivity contribution in [2.24, 2.45) is 0 Å². The number of nitrogens with one attached hydrogen (secondary N) is 1. The fourth-order valence-corrected chi connectivity index (χ4v) is 2.31. The first-order valence-corrected chi connectivity index (χ1v) is 7.75. The molecule has 0 saturated carbocycles. The van der Waals surface area contributed by atoms with Gasteiger partial charge in [0.1, 0.15) is 0 Å². The first-order chi connectivity index (χ1) is 10.2. The van der Waals surface area contributed by atoms with Crippen molar-refractivity contribution in [2.45, 2.75) is 39.3 Å². The van der Waals surface area contributed by atoms with E-state index in [1.54, 1.807) is 12.3 Å². The van der Waals surface area contributed by atoms with E-state index in [2.05, 4.69) is 27.1 Å². The highest BCUT2D eigenvalue weighted by Gasteiger charge is 2.25. The Morgan fingerprint density at radius 1 is 1.52 bits per heavy atom. The minimum atomic E-state index is 0.111. The van der Waals surface area contributed by atoms with Crippen LogP contribution in [0.1, 0.15) is 27.2 Å². The lowest BCUT2D eigenvalue weighted by molar-refractivity contribution is 0.0927. The van der Waals surface area contributed by atoms with Crippen molar-refractivity contribution in [3.8, 4) is 5.88 Å². The van der Waals surface area contributed by atoms with Crippen LogP contribution in [-0.2, 0) is 4.74 Å². The molecule has 0 spiro atoms. The second-order valence-electron chi connectivity index (χ2n) is 5.49. The second-order valence-corrected chi connectivity index (χ2v) is 5.49. The fourth-order valence-electron chi connectivity index (χ4n) is 2.31. The first kappa shape index (κ1) is 16.0. The maximum Gasteiger partial charge on any atom is 0.229 e. The number of ether oxygens (including phenoxy) is 2. The molecule has 1 fully saturated rings. The van der Waals surface area contributed by atoms with Gasteiger partial charge in [0, 0.05) is 25.4 Å². The van der Waals surface area contributed by atoms with E-state index in [1.165, 1.54) is 0 Å². The van der Waals surface area contributed by atoms with Gasteiger partial charge in [-0.15, -0.1) is 0 Å². The van der Waals surface area contributed by atoms with Crippen LogP contribution in [0.3, 0.4) is 0 Å². The lowest BCUT2D eigenvalue weighted by Crippen LogP contribution is -2.51. The van der Waals surface area contributed by atoms with Crippen LogP contribution in [0.4, 0.5) is 5.95 Å². The Labute approximate surface area is 126 Å². The second kappa shape index (κ2) is 8.14. The highest BCUT2D eigenvalue weighted by Crippen LogP contribution is 2.18. The number of nitrogens with zero attached hydrogens (tertiary/aromatic N) is 3. The molecular formula is C15H26N4O2. The zero-order valence-corrected chi connectivity index (χ0v) is 13.2. The van der Waals surface area contributed by atoms with Gasteiger partial charge in [-0.1, -0.05) is 6.92 Å². The number of hydrogen-bond acceptors (Lipinski definition) is 6. The Kier molecular flexibility index (Phi) is 6.20. The van der Waals surface area contributed by atoms with Gasteiger partial charge in [0.2, 0.25) is 11.8 Å². The summed E-state index contributed by atoms with van der Waals surface area (Å²) in [6.07, 6.45) is 2.99. The summed E-state index contributed by atoms with van der Waals surface area (Å²) in [7, 11) is 0. The fraction of sp³-hybridized carbons (Fsp3) is 0.733. The van der Waals surface area contributed by atoms with Crippen molar-refractivity contribution in [2.75, 3.05) is 37.7 Å². The molecule has 0 amide bonds. The molecule has 0 aliphatic carbocycles. The molecule has 0 radical (unpaired) electrons. The number of hydrogen-bond donors (Lipinski definition) is 1. The predicted molar refractivity (Wildman–Crippen MR) is 82.9 cm³/mol. The van der Waals surface area contributed by atoms with E-state index in [1.807, 2.05) is 13.8 Å². The van der Waals surface area contributed by atoms with Crippen molar-refractivity contribution in [1.82, 2.24) is 15.3 Å². The number of rotatable bonds is 7. The maximum absolute atomic E-state index is 5.65. The molecule has 1 aromatic heterocycles. The van der Waals surface area contributed by atoms with Gasteiger partial charge < -0.3 is 19.7 Å². The van der Waals surface area contributed by atoms with Crippen molar-refractivity contribution < 1.29 is 9.47 Å². The maximum atomic E-state index is 5.65. The van der Waals surface area contributed by atoms with Crippen LogP contribution < -0.4 is 15.0 Å². The van der Waals surface area contributed by atoms with Crippen LogP contribution in [0.15, 0.2) is 12.3 Å². The van der Waals surface area contributed by atoms with Crippen LogP contribution in [0.2, 0.25) is 0 Å². The van der Waals surface area contributed by atoms with Gasteiger partial charge in [-0.2, -0.15) is 4.98 Å². The molecule has 1 aliphatic heterocycles. The highest BCUT2D eigenvalue weighted by molar-refractivity contribution is 5.34. The minimum absolute atomic E-state index is 0.111. The molecule has 0 bridgehead atoms. The predicted octanol–water partition coefficient (Wildman–Crippen LogP) is 1.47. The normalized spacial score (nSPS) is 19.0. The monoisotopic (exact) mass is 294 g/mol. The Morgan fingerprint density at radius 2 is 2.38 bits per heavy atom. The number of morpholine rings is 1. The summed E-state index contributed by atoms with van der Waals surface area (Å²) in [5.41, 5.74) is 0. The highest BCUT2D eigenvalue weighted by atomic mass is 16.5. The standard InChI is InChI=1S/C15H26N4O2/c1-4-6-16-10-13-11-20-9-8-19(13)15-17-7-5-14(18-15)21-12(2)3/h5,7,12-13,16H,4,6,8-11H2,1-3H3. The van der Waals surface area contributed by atoms with Crippen LogP contribution in [0.25, 0.3) is 0 Å². The molecule has 2 heterocycles. The van der Waals surface area contributed by atoms with E-state index in [0.717, 1.165) is 32.0 Å². The quantitative estimate of drug-likeness (QED) is 0.769. The summed E-state index contributed by atoms with van der Waals surface area (Å²) in [5, 5.41) is 3.44. The summed E-state index contributed by atoms with van der Waals surface area (Å²) >= 11 is 0. The topological polar surface area (TPSA) is 59.5 Å². The van der Waals surface area contributed by atoms with E-state index in [9.17, 15) is 0 Å². The molecule has 1 aromatic rings. The molecule has 1 aliphatic rings. The zero-order chi connectivity index (χ0) is 15.1. The van der Waals surface area contributed by atoms with E-state index >= 15 is 0 Å². The third-order valence-electron chi connectivity index (χ3n) is 3.26. The van der Waals surface area contributed by atoms with E-state index in [-0.39, 0.29) is 12.1 Å². The third kappa shape index (κ3) is 4.82. The van der Waals surface area contributed by atoms with Crippen molar-refractivity contribution >= 4 is 5.95 Å². The van der Waals surface area contributed by atoms with Gasteiger partial charge in [-0.25, -0.2) is 4.98 Å². The molecule has 0 aromatic carbocycles. The minimum Gasteiger partial charge on any atom is -0.475 e. The molecule has 1 saturated heterocycles. The van der Waals surface area contributed by atoms with Gasteiger partial charge in [0.05, 0.1) is 25.4 Å². The lowest BCUT2D eigenvalue weighted by atomic mass is 10.2. The van der Waals surface area contributed by atoms with Crippen molar-refractivity contribution in [3.05, 3.63) is 12.3 Å². The molecule has 6 nitrogen and oxygen atoms in total. The van der Waals surface area contributed by atoms with Crippen LogP contribution >= 0.6 is 0 Å². The number of aromatic nitrogens is 2. The molecule has 1 N–H and O–H groups in total. The van der Waals surface area contributed by atoms with Gasteiger partial charge >= 0.3 is 0 Å². The molecule has 2 rings (SSSR count). The van der Waals surface area contributed by atoms with Gasteiger partial charge in [-0.3, -0.25) is 0 Å². The summed E-state index contributed by atoms with van der Waals surface area (Å²) in [6.45, 7) is 10.3. The average Bonchev–Trinajstić information content (AvgIpc) is 2.48. The van der Waals surface area contributed by atoms with Gasteiger partial charge in [0.15, 0.2) is 0 Å². The van der Waals surface area contributed by atoms with Crippen LogP contribution in [0.5, 0.6) is 5.88 Å². The van der Waals surface area contributed by atoms with Gasteiger partial charge in [0.25, 0.3) is 0 Å². The Morgan fingerprint density at radius 3 is 3.14 bits per heavy atom. The smallest absolute Gasteiger partial charge is 0.229 e. The van der Waals surface area contributed by atoms with Crippen LogP contribution in [0, 0.1) is 0 Å². The van der Waals surface area contributed by atoms with Gasteiger partial charge in [-0.05, 0) is 26.8 Å². The molecule has 118 valence electrons. The SMILES string of the molecule is CCCNCC1COCCN1c1nccc(OC(C)C)n1. The molecule has 21 heavy (non-hydrogen) atoms. The van der Waals surface area contributed by atoms with E-state index < -0.39 is 0 Å². The van der Waals surface area contributed by atoms with E-state index in [0.29, 0.717) is 19.1 Å². The summed E-state index contributed by atoms with van der Waals surface area (Å²) in [6, 6.07) is 2.06. The molecular weight excluding hydrogens is 268 g/mol. The van der Waals surface area contributed by atoms with E-state index in [4.69, 9.17) is 9.47 Å². The Balaban J connectivity index is 2.05. The Hall–Kier alpha value is -1.40. The lowest BCUT2D eigenvalue weighted by Gasteiger charge is -2.35. The largest absolute Gasteiger partial charge is 0.475 e. The number of anilines is 1. The van der Waals surface area contributed by atoms with Crippen LogP contribution in [-0.4, -0.2) is 55.0 Å². The summed E-state index contributed by atoms with van der Waals surface area (Å²) in [5.74, 6) is 1.35. The average molecular weight is 294 g/mol. The zero-order valence-electron chi connectivity index (χ0n) is 13.2. The molecule has 6 heteroatoms. The van der Waals surface area contributed by atoms with Crippen molar-refractivity contribution in [1.29, 1.82) is 0 Å². The van der Waals surface area contributed by atoms with Crippen molar-refractivity contribution in [3.63, 3.8) is 0 Å². The molecule has 1 unspecified atom stereocenters. The third-order valence-corrected chi connectivity index (χ3v) is 3.26.